The number of urea groups is 1. The van der Waals surface area contributed by atoms with Gasteiger partial charge in [-0.25, -0.2) is 22.3 Å². The summed E-state index contributed by atoms with van der Waals surface area (Å²) in [6.07, 6.45) is 4.04. The Balaban J connectivity index is 1.45. The lowest BCUT2D eigenvalue weighted by Crippen LogP contribution is -2.30. The minimum Gasteiger partial charge on any atom is -0.372 e. The summed E-state index contributed by atoms with van der Waals surface area (Å²) < 4.78 is 41.8. The smallest absolute Gasteiger partial charge is 0.324 e. The van der Waals surface area contributed by atoms with Crippen LogP contribution in [0.4, 0.5) is 14.9 Å². The Morgan fingerprint density at radius 2 is 2.00 bits per heavy atom. The molecule has 10 heteroatoms. The summed E-state index contributed by atoms with van der Waals surface area (Å²) >= 11 is 0. The highest BCUT2D eigenvalue weighted by Gasteiger charge is 2.26. The number of carbonyl (C=O) groups excluding carboxylic acids is 2. The van der Waals surface area contributed by atoms with E-state index >= 15 is 0 Å². The van der Waals surface area contributed by atoms with Crippen molar-refractivity contribution in [2.45, 2.75) is 45.1 Å². The fraction of sp³-hybridized carbons (Fsp3) is 0.619. The molecule has 1 aromatic carbocycles. The van der Waals surface area contributed by atoms with Gasteiger partial charge in [-0.15, -0.1) is 0 Å². The summed E-state index contributed by atoms with van der Waals surface area (Å²) in [5, 5.41) is 2.21. The van der Waals surface area contributed by atoms with Gasteiger partial charge in [0.25, 0.3) is 0 Å². The average Bonchev–Trinajstić information content (AvgIpc) is 3.44. The van der Waals surface area contributed by atoms with Gasteiger partial charge in [0, 0.05) is 26.2 Å². The molecule has 1 saturated carbocycles. The molecule has 2 N–H and O–H groups in total. The number of unbranched alkanes of at least 4 members (excludes halogenated alkanes) is 2. The zero-order chi connectivity index (χ0) is 22.6. The van der Waals surface area contributed by atoms with Crippen LogP contribution < -0.4 is 14.9 Å². The predicted octanol–water partition coefficient (Wildman–Crippen LogP) is 2.37. The third kappa shape index (κ3) is 6.90. The van der Waals surface area contributed by atoms with Gasteiger partial charge in [0.2, 0.25) is 15.9 Å². The maximum atomic E-state index is 14.3. The van der Waals surface area contributed by atoms with Crippen LogP contribution in [0.3, 0.4) is 0 Å². The summed E-state index contributed by atoms with van der Waals surface area (Å²) in [4.78, 5) is 25.9. The summed E-state index contributed by atoms with van der Waals surface area (Å²) in [7, 11) is -1.65. The van der Waals surface area contributed by atoms with E-state index in [1.807, 2.05) is 11.9 Å². The number of amides is 3. The molecule has 1 unspecified atom stereocenters. The van der Waals surface area contributed by atoms with E-state index in [0.717, 1.165) is 6.54 Å². The van der Waals surface area contributed by atoms with Crippen molar-refractivity contribution in [3.8, 4) is 0 Å². The van der Waals surface area contributed by atoms with Crippen LogP contribution in [-0.4, -0.2) is 57.7 Å². The summed E-state index contributed by atoms with van der Waals surface area (Å²) in [5.41, 5.74) is 1.20. The second kappa shape index (κ2) is 9.95. The van der Waals surface area contributed by atoms with Crippen LogP contribution >= 0.6 is 0 Å². The topological polar surface area (TPSA) is 98.8 Å². The van der Waals surface area contributed by atoms with E-state index in [9.17, 15) is 22.4 Å². The number of benzene rings is 1. The van der Waals surface area contributed by atoms with Gasteiger partial charge in [0.15, 0.2) is 0 Å². The van der Waals surface area contributed by atoms with Crippen LogP contribution in [0.5, 0.6) is 0 Å². The maximum Gasteiger partial charge on any atom is 0.324 e. The molecule has 1 aliphatic carbocycles. The van der Waals surface area contributed by atoms with Gasteiger partial charge in [0.05, 0.1) is 11.4 Å². The van der Waals surface area contributed by atoms with Gasteiger partial charge in [0.1, 0.15) is 12.4 Å². The van der Waals surface area contributed by atoms with Crippen molar-refractivity contribution < 1.29 is 22.4 Å². The number of halogens is 1. The standard InChI is InChI=1S/C21H31FN4O4S/c1-15(17-8-9-18(22)19(12-17)25(2)13-16-6-7-16)24-31(29,30)11-5-3-4-10-26-14-20(27)23-21(26)28/h8-9,12,15-16,24H,3-7,10-11,13-14H2,1-2H3,(H,23,27,28). The largest absolute Gasteiger partial charge is 0.372 e. The number of nitrogens with zero attached hydrogens (tertiary/aromatic N) is 2. The summed E-state index contributed by atoms with van der Waals surface area (Å²) in [6.45, 7) is 3.03. The third-order valence-electron chi connectivity index (χ3n) is 5.68. The van der Waals surface area contributed by atoms with Crippen molar-refractivity contribution in [3.05, 3.63) is 29.6 Å². The van der Waals surface area contributed by atoms with Gasteiger partial charge in [-0.2, -0.15) is 0 Å². The summed E-state index contributed by atoms with van der Waals surface area (Å²) in [6, 6.07) is 3.85. The number of imide groups is 1. The van der Waals surface area contributed by atoms with E-state index in [4.69, 9.17) is 0 Å². The molecule has 8 nitrogen and oxygen atoms in total. The Labute approximate surface area is 183 Å². The number of sulfonamides is 1. The highest BCUT2D eigenvalue weighted by Crippen LogP contribution is 2.32. The monoisotopic (exact) mass is 454 g/mol. The van der Waals surface area contributed by atoms with E-state index in [1.165, 1.54) is 23.8 Å². The molecule has 0 radical (unpaired) electrons. The van der Waals surface area contributed by atoms with E-state index in [1.54, 1.807) is 19.1 Å². The quantitative estimate of drug-likeness (QED) is 0.373. The lowest BCUT2D eigenvalue weighted by molar-refractivity contribution is -0.118. The first-order valence-corrected chi connectivity index (χ1v) is 12.4. The van der Waals surface area contributed by atoms with Crippen LogP contribution in [0.2, 0.25) is 0 Å². The molecule has 31 heavy (non-hydrogen) atoms. The van der Waals surface area contributed by atoms with Gasteiger partial charge < -0.3 is 9.80 Å². The van der Waals surface area contributed by atoms with E-state index in [0.29, 0.717) is 43.0 Å². The van der Waals surface area contributed by atoms with Crippen molar-refractivity contribution in [2.24, 2.45) is 5.92 Å². The molecule has 1 atom stereocenters. The van der Waals surface area contributed by atoms with Crippen molar-refractivity contribution in [2.75, 3.05) is 37.3 Å². The number of carbonyl (C=O) groups is 2. The van der Waals surface area contributed by atoms with Crippen molar-refractivity contribution in [1.29, 1.82) is 0 Å². The Morgan fingerprint density at radius 3 is 2.65 bits per heavy atom. The van der Waals surface area contributed by atoms with Gasteiger partial charge >= 0.3 is 6.03 Å². The van der Waals surface area contributed by atoms with E-state index < -0.39 is 22.1 Å². The molecule has 1 aromatic rings. The Morgan fingerprint density at radius 1 is 1.26 bits per heavy atom. The zero-order valence-electron chi connectivity index (χ0n) is 18.1. The third-order valence-corrected chi connectivity index (χ3v) is 7.21. The van der Waals surface area contributed by atoms with Crippen molar-refractivity contribution in [1.82, 2.24) is 14.9 Å². The molecule has 2 aliphatic rings. The highest BCUT2D eigenvalue weighted by molar-refractivity contribution is 7.89. The molecule has 172 valence electrons. The Bertz CT molecular complexity index is 920. The van der Waals surface area contributed by atoms with Gasteiger partial charge in [-0.3, -0.25) is 10.1 Å². The summed E-state index contributed by atoms with van der Waals surface area (Å²) in [5.74, 6) is -0.0360. The molecular weight excluding hydrogens is 423 g/mol. The van der Waals surface area contributed by atoms with E-state index in [-0.39, 0.29) is 24.0 Å². The minimum atomic E-state index is -3.50. The van der Waals surface area contributed by atoms with Gasteiger partial charge in [-0.1, -0.05) is 12.5 Å². The Hall–Kier alpha value is -2.20. The highest BCUT2D eigenvalue weighted by atomic mass is 32.2. The second-order valence-corrected chi connectivity index (χ2v) is 10.4. The zero-order valence-corrected chi connectivity index (χ0v) is 18.9. The van der Waals surface area contributed by atoms with Crippen LogP contribution in [0.1, 0.15) is 50.6 Å². The lowest BCUT2D eigenvalue weighted by atomic mass is 10.1. The second-order valence-electron chi connectivity index (χ2n) is 8.53. The SMILES string of the molecule is CC(NS(=O)(=O)CCCCCN1CC(=O)NC1=O)c1ccc(F)c(N(C)CC2CC2)c1. The number of nitrogens with one attached hydrogen (secondary N) is 2. The van der Waals surface area contributed by atoms with E-state index in [2.05, 4.69) is 10.0 Å². The first-order chi connectivity index (χ1) is 14.6. The van der Waals surface area contributed by atoms with Crippen LogP contribution in [0, 0.1) is 11.7 Å². The first-order valence-electron chi connectivity index (χ1n) is 10.7. The maximum absolute atomic E-state index is 14.3. The van der Waals surface area contributed by atoms with Crippen LogP contribution in [0.15, 0.2) is 18.2 Å². The first kappa shape index (κ1) is 23.5. The molecule has 0 bridgehead atoms. The molecule has 0 aromatic heterocycles. The molecule has 1 saturated heterocycles. The number of hydrogen-bond acceptors (Lipinski definition) is 5. The molecular formula is C21H31FN4O4S. The normalized spacial score (nSPS) is 17.7. The molecule has 3 amide bonds. The minimum absolute atomic E-state index is 0.0297. The van der Waals surface area contributed by atoms with Crippen LogP contribution in [-0.2, 0) is 14.8 Å². The average molecular weight is 455 g/mol. The molecule has 3 rings (SSSR count). The molecule has 1 heterocycles. The molecule has 1 aliphatic heterocycles. The number of hydrogen-bond donors (Lipinski definition) is 2. The fourth-order valence-electron chi connectivity index (χ4n) is 3.71. The molecule has 0 spiro atoms. The molecule has 2 fully saturated rings. The fourth-order valence-corrected chi connectivity index (χ4v) is 5.09. The van der Waals surface area contributed by atoms with Gasteiger partial charge in [-0.05, 0) is 56.2 Å². The van der Waals surface area contributed by atoms with Crippen molar-refractivity contribution in [3.63, 3.8) is 0 Å². The number of rotatable bonds is 12. The predicted molar refractivity (Wildman–Crippen MR) is 117 cm³/mol. The van der Waals surface area contributed by atoms with Crippen LogP contribution in [0.25, 0.3) is 0 Å². The number of anilines is 1. The Kier molecular flexibility index (Phi) is 7.53. The van der Waals surface area contributed by atoms with Crippen molar-refractivity contribution >= 4 is 27.6 Å². The lowest BCUT2D eigenvalue weighted by Gasteiger charge is -2.22.